The molecule has 2 aliphatic heterocycles. The van der Waals surface area contributed by atoms with Crippen molar-refractivity contribution in [1.82, 2.24) is 35.4 Å². The van der Waals surface area contributed by atoms with Crippen LogP contribution in [-0.2, 0) is 19.1 Å². The molecular weight excluding hydrogens is 727 g/mol. The van der Waals surface area contributed by atoms with E-state index in [0.717, 1.165) is 52.4 Å². The van der Waals surface area contributed by atoms with E-state index >= 15 is 0 Å². The van der Waals surface area contributed by atoms with Gasteiger partial charge >= 0.3 is 12.2 Å². The SMILES string of the molecule is CC[C@H](NC(=O)OC)C(=O)N1CCCC1c1cc(=O)c2ccc(-c3ccc4cc(-c5cnc([C@@H]6CCCN6C(=O)[C@@H](NC(=O)OC)C(C)C)[nH]5)ccc4c3)cc2[nH]1. The van der Waals surface area contributed by atoms with Crippen molar-refractivity contribution in [3.8, 4) is 22.4 Å². The molecule has 4 heterocycles. The number of benzene rings is 3. The number of carbonyl (C=O) groups is 4. The van der Waals surface area contributed by atoms with Gasteiger partial charge < -0.3 is 39.9 Å². The smallest absolute Gasteiger partial charge is 0.407 e. The summed E-state index contributed by atoms with van der Waals surface area (Å²) in [4.78, 5) is 79.5. The van der Waals surface area contributed by atoms with E-state index in [9.17, 15) is 24.0 Å². The molecule has 1 unspecified atom stereocenters. The van der Waals surface area contributed by atoms with Gasteiger partial charge in [0, 0.05) is 35.8 Å². The summed E-state index contributed by atoms with van der Waals surface area (Å²) >= 11 is 0. The number of amides is 4. The highest BCUT2D eigenvalue weighted by atomic mass is 16.5. The Morgan fingerprint density at radius 3 is 2.09 bits per heavy atom. The Morgan fingerprint density at radius 1 is 0.789 bits per heavy atom. The van der Waals surface area contributed by atoms with Crippen LogP contribution in [0.2, 0.25) is 0 Å². The van der Waals surface area contributed by atoms with E-state index in [2.05, 4.69) is 50.9 Å². The number of nitrogens with zero attached hydrogens (tertiary/aromatic N) is 3. The van der Waals surface area contributed by atoms with Gasteiger partial charge in [-0.3, -0.25) is 14.4 Å². The number of carbonyl (C=O) groups excluding carboxylic acids is 4. The second-order valence-electron chi connectivity index (χ2n) is 15.1. The third-order valence-electron chi connectivity index (χ3n) is 11.3. The van der Waals surface area contributed by atoms with E-state index in [-0.39, 0.29) is 35.2 Å². The fourth-order valence-electron chi connectivity index (χ4n) is 8.16. The van der Waals surface area contributed by atoms with Crippen molar-refractivity contribution < 1.29 is 28.7 Å². The number of pyridine rings is 1. The molecule has 7 rings (SSSR count). The maximum atomic E-state index is 13.6. The first-order chi connectivity index (χ1) is 27.5. The van der Waals surface area contributed by atoms with Crippen molar-refractivity contribution in [3.05, 3.63) is 88.6 Å². The largest absolute Gasteiger partial charge is 0.453 e. The van der Waals surface area contributed by atoms with Crippen LogP contribution in [0.5, 0.6) is 0 Å². The quantitative estimate of drug-likeness (QED) is 0.123. The second-order valence-corrected chi connectivity index (χ2v) is 15.1. The molecule has 0 aliphatic carbocycles. The normalized spacial score (nSPS) is 17.9. The molecule has 14 nitrogen and oxygen atoms in total. The van der Waals surface area contributed by atoms with Gasteiger partial charge in [0.25, 0.3) is 0 Å². The number of methoxy groups -OCH3 is 2. The lowest BCUT2D eigenvalue weighted by Gasteiger charge is -2.30. The van der Waals surface area contributed by atoms with E-state index in [1.54, 1.807) is 22.1 Å². The minimum Gasteiger partial charge on any atom is -0.453 e. The van der Waals surface area contributed by atoms with Crippen molar-refractivity contribution in [2.45, 2.75) is 77.0 Å². The number of rotatable bonds is 10. The summed E-state index contributed by atoms with van der Waals surface area (Å²) in [7, 11) is 2.55. The first-order valence-corrected chi connectivity index (χ1v) is 19.6. The van der Waals surface area contributed by atoms with Gasteiger partial charge in [-0.25, -0.2) is 14.6 Å². The van der Waals surface area contributed by atoms with E-state index in [4.69, 9.17) is 14.5 Å². The predicted octanol–water partition coefficient (Wildman–Crippen LogP) is 6.58. The zero-order valence-electron chi connectivity index (χ0n) is 32.9. The number of ether oxygens (including phenoxy) is 2. The van der Waals surface area contributed by atoms with Crippen LogP contribution in [0.25, 0.3) is 44.1 Å². The molecule has 14 heteroatoms. The second kappa shape index (κ2) is 16.5. The van der Waals surface area contributed by atoms with Gasteiger partial charge in [-0.05, 0) is 84.2 Å². The Labute approximate surface area is 330 Å². The van der Waals surface area contributed by atoms with Crippen LogP contribution < -0.4 is 16.1 Å². The van der Waals surface area contributed by atoms with Crippen molar-refractivity contribution in [2.24, 2.45) is 5.92 Å². The monoisotopic (exact) mass is 775 g/mol. The van der Waals surface area contributed by atoms with E-state index in [1.807, 2.05) is 45.0 Å². The zero-order chi connectivity index (χ0) is 40.4. The number of hydrogen-bond acceptors (Lipinski definition) is 8. The number of nitrogens with one attached hydrogen (secondary N) is 4. The number of fused-ring (bicyclic) bond motifs is 2. The minimum absolute atomic E-state index is 0.119. The lowest BCUT2D eigenvalue weighted by Crippen LogP contribution is -2.51. The Morgan fingerprint density at radius 2 is 1.40 bits per heavy atom. The predicted molar refractivity (Wildman–Crippen MR) is 216 cm³/mol. The van der Waals surface area contributed by atoms with Crippen LogP contribution in [0.4, 0.5) is 9.59 Å². The maximum absolute atomic E-state index is 13.6. The van der Waals surface area contributed by atoms with Gasteiger partial charge in [0.1, 0.15) is 17.9 Å². The summed E-state index contributed by atoms with van der Waals surface area (Å²) in [6.07, 6.45) is 3.99. The number of imidazole rings is 1. The molecule has 0 radical (unpaired) electrons. The molecule has 57 heavy (non-hydrogen) atoms. The summed E-state index contributed by atoms with van der Waals surface area (Å²) < 4.78 is 9.48. The van der Waals surface area contributed by atoms with E-state index in [1.165, 1.54) is 14.2 Å². The number of hydrogen-bond donors (Lipinski definition) is 4. The summed E-state index contributed by atoms with van der Waals surface area (Å²) in [5, 5.41) is 7.96. The van der Waals surface area contributed by atoms with Gasteiger partial charge in [0.05, 0.1) is 43.7 Å². The molecule has 4 atom stereocenters. The van der Waals surface area contributed by atoms with Crippen LogP contribution in [0.3, 0.4) is 0 Å². The number of likely N-dealkylation sites (tertiary alicyclic amines) is 2. The Hall–Kier alpha value is -6.18. The molecule has 4 N–H and O–H groups in total. The molecule has 298 valence electrons. The highest BCUT2D eigenvalue weighted by Crippen LogP contribution is 2.35. The molecule has 2 fully saturated rings. The lowest BCUT2D eigenvalue weighted by molar-refractivity contribution is -0.135. The molecule has 4 amide bonds. The minimum atomic E-state index is -0.722. The van der Waals surface area contributed by atoms with E-state index in [0.29, 0.717) is 48.4 Å². The van der Waals surface area contributed by atoms with Gasteiger partial charge in [-0.1, -0.05) is 51.1 Å². The van der Waals surface area contributed by atoms with Crippen molar-refractivity contribution >= 4 is 45.7 Å². The number of H-pyrrole nitrogens is 2. The van der Waals surface area contributed by atoms with Crippen LogP contribution >= 0.6 is 0 Å². The highest BCUT2D eigenvalue weighted by Gasteiger charge is 2.38. The molecule has 0 bridgehead atoms. The van der Waals surface area contributed by atoms with Crippen LogP contribution in [0.15, 0.2) is 71.7 Å². The average molecular weight is 776 g/mol. The number of alkyl carbamates (subject to hydrolysis) is 2. The molecule has 5 aromatic rings. The molecule has 0 saturated carbocycles. The van der Waals surface area contributed by atoms with Crippen molar-refractivity contribution in [2.75, 3.05) is 27.3 Å². The average Bonchev–Trinajstić information content (AvgIpc) is 4.02. The highest BCUT2D eigenvalue weighted by molar-refractivity contribution is 5.92. The van der Waals surface area contributed by atoms with Gasteiger partial charge in [0.15, 0.2) is 5.43 Å². The molecule has 3 aromatic carbocycles. The topological polar surface area (TPSA) is 179 Å². The van der Waals surface area contributed by atoms with Gasteiger partial charge in [-0.2, -0.15) is 0 Å². The summed E-state index contributed by atoms with van der Waals surface area (Å²) in [5.41, 5.74) is 4.94. The summed E-state index contributed by atoms with van der Waals surface area (Å²) in [5.74, 6) is 0.231. The summed E-state index contributed by atoms with van der Waals surface area (Å²) in [6.45, 7) is 6.73. The summed E-state index contributed by atoms with van der Waals surface area (Å²) in [6, 6.07) is 17.8. The molecule has 0 spiro atoms. The van der Waals surface area contributed by atoms with Gasteiger partial charge in [-0.15, -0.1) is 0 Å². The first-order valence-electron chi connectivity index (χ1n) is 19.6. The number of aromatic amines is 2. The third kappa shape index (κ3) is 7.94. The Bertz CT molecular complexity index is 2390. The molecular formula is C43H49N7O7. The van der Waals surface area contributed by atoms with Gasteiger partial charge in [0.2, 0.25) is 11.8 Å². The lowest BCUT2D eigenvalue weighted by atomic mass is 9.98. The van der Waals surface area contributed by atoms with Crippen LogP contribution in [0.1, 0.15) is 76.5 Å². The maximum Gasteiger partial charge on any atom is 0.407 e. The molecule has 2 aromatic heterocycles. The number of aromatic nitrogens is 3. The van der Waals surface area contributed by atoms with Crippen molar-refractivity contribution in [3.63, 3.8) is 0 Å². The Balaban J connectivity index is 1.10. The molecule has 2 saturated heterocycles. The fourth-order valence-corrected chi connectivity index (χ4v) is 8.16. The van der Waals surface area contributed by atoms with E-state index < -0.39 is 24.3 Å². The fraction of sp³-hybridized carbons (Fsp3) is 0.395. The molecule has 2 aliphatic rings. The Kier molecular flexibility index (Phi) is 11.3. The third-order valence-corrected chi connectivity index (χ3v) is 11.3. The van der Waals surface area contributed by atoms with Crippen LogP contribution in [-0.4, -0.2) is 88.1 Å². The zero-order valence-corrected chi connectivity index (χ0v) is 32.9. The first kappa shape index (κ1) is 39.1. The van der Waals surface area contributed by atoms with Crippen LogP contribution in [0, 0.1) is 5.92 Å². The van der Waals surface area contributed by atoms with Crippen molar-refractivity contribution in [1.29, 1.82) is 0 Å². The standard InChI is InChI=1S/C43H49N7O7/c1-6-31(47-42(54)56-4)40(52)49-17-7-9-35(49)33-22-37(51)30-16-15-28(21-32(30)45-33)26-11-12-27-20-29(14-13-25(27)19-26)34-23-44-39(46-34)36-10-8-18-50(36)41(53)38(24(2)3)48-43(55)57-5/h11-16,19-24,31,35-36,38H,6-10,17-18H2,1-5H3,(H,44,46)(H,45,51)(H,47,54)(H,48,55)/t31-,35?,36-,38-/m0/s1.